The van der Waals surface area contributed by atoms with E-state index < -0.39 is 35.5 Å². The minimum Gasteiger partial charge on any atom is -0.494 e. The van der Waals surface area contributed by atoms with Crippen molar-refractivity contribution in [1.82, 2.24) is 10.6 Å². The largest absolute Gasteiger partial charge is 0.494 e. The van der Waals surface area contributed by atoms with Gasteiger partial charge in [0.1, 0.15) is 5.75 Å². The van der Waals surface area contributed by atoms with Gasteiger partial charge in [0.2, 0.25) is 5.91 Å². The quantitative estimate of drug-likeness (QED) is 0.555. The molecule has 0 bridgehead atoms. The molecule has 1 aliphatic rings. The highest BCUT2D eigenvalue weighted by molar-refractivity contribution is 6.21. The number of carbonyl (C=O) groups excluding carboxylic acids is 3. The summed E-state index contributed by atoms with van der Waals surface area (Å²) in [7, 11) is 0. The van der Waals surface area contributed by atoms with Crippen molar-refractivity contribution in [2.75, 3.05) is 6.61 Å². The Morgan fingerprint density at radius 3 is 2.19 bits per heavy atom. The third-order valence-electron chi connectivity index (χ3n) is 5.06. The summed E-state index contributed by atoms with van der Waals surface area (Å²) in [6.45, 7) is 7.92. The molecule has 32 heavy (non-hydrogen) atoms. The lowest BCUT2D eigenvalue weighted by Crippen LogP contribution is -2.52. The van der Waals surface area contributed by atoms with Gasteiger partial charge in [0, 0.05) is 0 Å². The van der Waals surface area contributed by atoms with E-state index in [9.17, 15) is 14.4 Å². The van der Waals surface area contributed by atoms with Gasteiger partial charge < -0.3 is 9.47 Å². The summed E-state index contributed by atoms with van der Waals surface area (Å²) < 4.78 is 11.8. The van der Waals surface area contributed by atoms with E-state index in [1.165, 1.54) is 0 Å². The van der Waals surface area contributed by atoms with E-state index in [4.69, 9.17) is 15.2 Å². The van der Waals surface area contributed by atoms with Crippen molar-refractivity contribution in [3.8, 4) is 5.75 Å². The molecule has 0 fully saturated rings. The molecule has 3 amide bonds. The molecule has 0 saturated carbocycles. The zero-order valence-electron chi connectivity index (χ0n) is 18.9. The number of imide groups is 1. The fourth-order valence-corrected chi connectivity index (χ4v) is 3.68. The van der Waals surface area contributed by atoms with Gasteiger partial charge in [0.15, 0.2) is 6.23 Å². The van der Waals surface area contributed by atoms with Crippen LogP contribution in [-0.2, 0) is 16.0 Å². The molecule has 7 heteroatoms. The van der Waals surface area contributed by atoms with Crippen molar-refractivity contribution < 1.29 is 23.9 Å². The van der Waals surface area contributed by atoms with Crippen LogP contribution in [0.5, 0.6) is 5.75 Å². The van der Waals surface area contributed by atoms with E-state index in [1.807, 2.05) is 31.2 Å². The van der Waals surface area contributed by atoms with Crippen LogP contribution in [0.15, 0.2) is 48.5 Å². The van der Waals surface area contributed by atoms with Crippen molar-refractivity contribution in [1.29, 1.82) is 0 Å². The lowest BCUT2D eigenvalue weighted by molar-refractivity contribution is -0.150. The van der Waals surface area contributed by atoms with Gasteiger partial charge in [-0.3, -0.25) is 20.1 Å². The lowest BCUT2D eigenvalue weighted by Gasteiger charge is -2.36. The number of hydrogen-bond donors (Lipinski definition) is 0. The molecule has 169 valence electrons. The Bertz CT molecular complexity index is 976. The number of amides is 3. The molecule has 0 aliphatic carbocycles. The summed E-state index contributed by atoms with van der Waals surface area (Å²) in [5.41, 5.74) is 8.47. The molecule has 1 heterocycles. The van der Waals surface area contributed by atoms with Crippen LogP contribution in [0, 0.1) is 5.92 Å². The maximum Gasteiger partial charge on any atom is 0.263 e. The lowest BCUT2D eigenvalue weighted by atomic mass is 9.95. The molecule has 2 atom stereocenters. The summed E-state index contributed by atoms with van der Waals surface area (Å²) in [6, 6.07) is 13.8. The third-order valence-corrected chi connectivity index (χ3v) is 5.06. The first-order chi connectivity index (χ1) is 15.1. The summed E-state index contributed by atoms with van der Waals surface area (Å²) in [5.74, 6) is -2.35. The molecule has 1 N–H and O–H groups in total. The maximum absolute atomic E-state index is 13.1. The SMILES string of the molecule is CCCOc1cccc(CC(C([NH])=O)C(OC(C)(C)C)N2C(=O)c3ccccc3C2=O)c1. The molecule has 0 saturated heterocycles. The van der Waals surface area contributed by atoms with Gasteiger partial charge in [-0.1, -0.05) is 31.2 Å². The number of benzene rings is 2. The summed E-state index contributed by atoms with van der Waals surface area (Å²) in [6.07, 6.45) is -0.230. The molecule has 0 aromatic heterocycles. The molecule has 1 radical (unpaired) electrons. The average Bonchev–Trinajstić information content (AvgIpc) is 2.99. The number of rotatable bonds is 9. The summed E-state index contributed by atoms with van der Waals surface area (Å²) >= 11 is 0. The van der Waals surface area contributed by atoms with E-state index in [-0.39, 0.29) is 17.5 Å². The Hall–Kier alpha value is -3.19. The van der Waals surface area contributed by atoms with Crippen LogP contribution in [0.1, 0.15) is 60.4 Å². The van der Waals surface area contributed by atoms with Gasteiger partial charge in [-0.25, -0.2) is 4.90 Å². The van der Waals surface area contributed by atoms with E-state index >= 15 is 0 Å². The first kappa shape index (κ1) is 23.5. The van der Waals surface area contributed by atoms with Crippen molar-refractivity contribution in [3.63, 3.8) is 0 Å². The highest BCUT2D eigenvalue weighted by Gasteiger charge is 2.46. The Kier molecular flexibility index (Phi) is 6.99. The maximum atomic E-state index is 13.1. The van der Waals surface area contributed by atoms with Crippen molar-refractivity contribution in [2.24, 2.45) is 5.92 Å². The molecule has 1 aliphatic heterocycles. The number of ether oxygens (including phenoxy) is 2. The number of fused-ring (bicyclic) bond motifs is 1. The minimum atomic E-state index is -1.22. The van der Waals surface area contributed by atoms with Crippen molar-refractivity contribution >= 4 is 17.7 Å². The Morgan fingerprint density at radius 2 is 1.66 bits per heavy atom. The van der Waals surface area contributed by atoms with Crippen molar-refractivity contribution in [2.45, 2.75) is 52.4 Å². The van der Waals surface area contributed by atoms with Gasteiger partial charge in [-0.05, 0) is 63.4 Å². The molecule has 3 rings (SSSR count). The first-order valence-electron chi connectivity index (χ1n) is 10.7. The molecule has 7 nitrogen and oxygen atoms in total. The third kappa shape index (κ3) is 5.16. The van der Waals surface area contributed by atoms with E-state index in [2.05, 4.69) is 0 Å². The normalized spacial score (nSPS) is 15.4. The molecule has 2 unspecified atom stereocenters. The van der Waals surface area contributed by atoms with Crippen LogP contribution in [0.3, 0.4) is 0 Å². The molecule has 0 spiro atoms. The number of hydrogen-bond acceptors (Lipinski definition) is 5. The number of carbonyl (C=O) groups is 3. The first-order valence-corrected chi connectivity index (χ1v) is 10.7. The van der Waals surface area contributed by atoms with Crippen LogP contribution in [0.4, 0.5) is 0 Å². The monoisotopic (exact) mass is 437 g/mol. The van der Waals surface area contributed by atoms with Crippen molar-refractivity contribution in [3.05, 3.63) is 65.2 Å². The molecular formula is C25H29N2O5. The highest BCUT2D eigenvalue weighted by Crippen LogP contribution is 2.32. The second kappa shape index (κ2) is 9.53. The van der Waals surface area contributed by atoms with Crippen LogP contribution < -0.4 is 10.5 Å². The predicted molar refractivity (Wildman–Crippen MR) is 119 cm³/mol. The molecular weight excluding hydrogens is 408 g/mol. The van der Waals surface area contributed by atoms with E-state index in [1.54, 1.807) is 45.0 Å². The van der Waals surface area contributed by atoms with E-state index in [0.29, 0.717) is 12.4 Å². The Labute approximate surface area is 188 Å². The van der Waals surface area contributed by atoms with Gasteiger partial charge in [0.05, 0.1) is 29.3 Å². The second-order valence-corrected chi connectivity index (χ2v) is 8.82. The fourth-order valence-electron chi connectivity index (χ4n) is 3.68. The van der Waals surface area contributed by atoms with E-state index in [0.717, 1.165) is 16.9 Å². The zero-order chi connectivity index (χ0) is 23.5. The highest BCUT2D eigenvalue weighted by atomic mass is 16.5. The number of nitrogens with zero attached hydrogens (tertiary/aromatic N) is 1. The topological polar surface area (TPSA) is 96.7 Å². The summed E-state index contributed by atoms with van der Waals surface area (Å²) in [4.78, 5) is 39.7. The minimum absolute atomic E-state index is 0.125. The summed E-state index contributed by atoms with van der Waals surface area (Å²) in [5, 5.41) is 0. The van der Waals surface area contributed by atoms with Gasteiger partial charge in [0.25, 0.3) is 11.8 Å². The molecule has 2 aromatic carbocycles. The number of nitrogens with one attached hydrogen (secondary N) is 1. The van der Waals surface area contributed by atoms with Crippen LogP contribution in [0.2, 0.25) is 0 Å². The smallest absolute Gasteiger partial charge is 0.263 e. The van der Waals surface area contributed by atoms with Gasteiger partial charge in [-0.15, -0.1) is 0 Å². The molecule has 2 aromatic rings. The Morgan fingerprint density at radius 1 is 1.03 bits per heavy atom. The standard InChI is InChI=1S/C25H29N2O5/c1-5-13-31-17-10-8-9-16(14-17)15-20(21(26)28)24(32-25(2,3)4)27-22(29)18-11-6-7-12-19(18)23(27)30/h6-12,14,20,24,26H,5,13,15H2,1-4H3. The average molecular weight is 438 g/mol. The van der Waals surface area contributed by atoms with Crippen LogP contribution >= 0.6 is 0 Å². The van der Waals surface area contributed by atoms with Gasteiger partial charge >= 0.3 is 0 Å². The zero-order valence-corrected chi connectivity index (χ0v) is 18.9. The Balaban J connectivity index is 1.97. The van der Waals surface area contributed by atoms with Crippen LogP contribution in [0.25, 0.3) is 0 Å². The van der Waals surface area contributed by atoms with Gasteiger partial charge in [-0.2, -0.15) is 0 Å². The predicted octanol–water partition coefficient (Wildman–Crippen LogP) is 3.88. The van der Waals surface area contributed by atoms with Crippen LogP contribution in [-0.4, -0.2) is 41.1 Å². The second-order valence-electron chi connectivity index (χ2n) is 8.82. The fraction of sp³-hybridized carbons (Fsp3) is 0.400.